The van der Waals surface area contributed by atoms with Crippen molar-refractivity contribution in [3.05, 3.63) is 42.1 Å². The number of hydrogen-bond donors (Lipinski definition) is 0. The summed E-state index contributed by atoms with van der Waals surface area (Å²) < 4.78 is 40.3. The van der Waals surface area contributed by atoms with Crippen molar-refractivity contribution in [2.45, 2.75) is 18.0 Å². The fourth-order valence-electron chi connectivity index (χ4n) is 2.40. The molecular weight excluding hydrogens is 323 g/mol. The predicted molar refractivity (Wildman–Crippen MR) is 85.3 cm³/mol. The van der Waals surface area contributed by atoms with E-state index in [9.17, 15) is 13.2 Å². The number of nitrogens with zero attached hydrogens (tertiary/aromatic N) is 3. The third kappa shape index (κ3) is 2.93. The molecule has 1 aromatic carbocycles. The minimum absolute atomic E-state index is 0.312. The van der Waals surface area contributed by atoms with E-state index >= 15 is 0 Å². The van der Waals surface area contributed by atoms with Gasteiger partial charge in [0.15, 0.2) is 5.65 Å². The van der Waals surface area contributed by atoms with Gasteiger partial charge in [-0.2, -0.15) is 13.2 Å². The number of thioether (sulfide) groups is 1. The topological polar surface area (TPSA) is 30.7 Å². The first-order valence-electron chi connectivity index (χ1n) is 7.03. The maximum absolute atomic E-state index is 12.9. The molecule has 2 heterocycles. The highest BCUT2D eigenvalue weighted by Gasteiger charge is 2.31. The molecule has 0 bridgehead atoms. The van der Waals surface area contributed by atoms with Crippen molar-refractivity contribution >= 4 is 22.9 Å². The molecule has 0 aliphatic heterocycles. The smallest absolute Gasteiger partial charge is 0.326 e. The van der Waals surface area contributed by atoms with E-state index in [1.807, 2.05) is 31.2 Å². The number of halogens is 3. The highest BCUT2D eigenvalue weighted by Crippen LogP contribution is 2.34. The highest BCUT2D eigenvalue weighted by molar-refractivity contribution is 7.99. The van der Waals surface area contributed by atoms with Crippen LogP contribution in [0.2, 0.25) is 0 Å². The fourth-order valence-corrected chi connectivity index (χ4v) is 3.20. The van der Waals surface area contributed by atoms with Crippen molar-refractivity contribution < 1.29 is 13.2 Å². The number of aromatic nitrogens is 3. The largest absolute Gasteiger partial charge is 0.417 e. The number of fused-ring (bicyclic) bond motifs is 1. The van der Waals surface area contributed by atoms with Gasteiger partial charge in [-0.05, 0) is 17.9 Å². The molecule has 0 unspecified atom stereocenters. The Labute approximate surface area is 135 Å². The van der Waals surface area contributed by atoms with E-state index in [1.165, 1.54) is 0 Å². The van der Waals surface area contributed by atoms with Crippen molar-refractivity contribution in [2.75, 3.05) is 5.75 Å². The van der Waals surface area contributed by atoms with Crippen LogP contribution in [0.3, 0.4) is 0 Å². The van der Waals surface area contributed by atoms with Crippen LogP contribution < -0.4 is 0 Å². The first-order valence-corrected chi connectivity index (χ1v) is 8.02. The summed E-state index contributed by atoms with van der Waals surface area (Å²) in [7, 11) is 1.71. The van der Waals surface area contributed by atoms with Crippen LogP contribution in [0.15, 0.2) is 41.4 Å². The maximum Gasteiger partial charge on any atom is 0.417 e. The molecule has 120 valence electrons. The van der Waals surface area contributed by atoms with Crippen LogP contribution in [-0.4, -0.2) is 20.3 Å². The van der Waals surface area contributed by atoms with E-state index in [4.69, 9.17) is 0 Å². The summed E-state index contributed by atoms with van der Waals surface area (Å²) in [5, 5.41) is 0. The number of pyridine rings is 1. The normalized spacial score (nSPS) is 12.0. The zero-order chi connectivity index (χ0) is 16.6. The second-order valence-electron chi connectivity index (χ2n) is 4.99. The number of rotatable bonds is 3. The molecule has 3 rings (SSSR count). The molecule has 0 aliphatic rings. The zero-order valence-electron chi connectivity index (χ0n) is 12.6. The third-order valence-corrected chi connectivity index (χ3v) is 4.45. The molecule has 0 N–H and O–H groups in total. The summed E-state index contributed by atoms with van der Waals surface area (Å²) in [5.74, 6) is 1.51. The lowest BCUT2D eigenvalue weighted by Gasteiger charge is -2.08. The SMILES string of the molecule is CCSc1ccccc1-c1nc2ncc(C(F)(F)F)cc2n1C. The molecule has 0 saturated carbocycles. The second kappa shape index (κ2) is 5.88. The minimum atomic E-state index is -4.42. The van der Waals surface area contributed by atoms with Crippen molar-refractivity contribution in [1.29, 1.82) is 0 Å². The maximum atomic E-state index is 12.9. The lowest BCUT2D eigenvalue weighted by Crippen LogP contribution is -2.05. The van der Waals surface area contributed by atoms with Crippen LogP contribution in [0.1, 0.15) is 12.5 Å². The first kappa shape index (κ1) is 15.9. The predicted octanol–water partition coefficient (Wildman–Crippen LogP) is 4.77. The molecule has 23 heavy (non-hydrogen) atoms. The summed E-state index contributed by atoms with van der Waals surface area (Å²) in [6.45, 7) is 2.05. The van der Waals surface area contributed by atoms with Crippen LogP contribution in [0.25, 0.3) is 22.6 Å². The van der Waals surface area contributed by atoms with Gasteiger partial charge < -0.3 is 4.57 Å². The van der Waals surface area contributed by atoms with Gasteiger partial charge in [0.2, 0.25) is 0 Å². The Kier molecular flexibility index (Phi) is 4.06. The second-order valence-corrected chi connectivity index (χ2v) is 6.29. The third-order valence-electron chi connectivity index (χ3n) is 3.49. The minimum Gasteiger partial charge on any atom is -0.326 e. The van der Waals surface area contributed by atoms with Gasteiger partial charge in [-0.15, -0.1) is 11.8 Å². The average Bonchev–Trinajstić information content (AvgIpc) is 2.84. The van der Waals surface area contributed by atoms with Crippen LogP contribution in [0.4, 0.5) is 13.2 Å². The summed E-state index contributed by atoms with van der Waals surface area (Å²) in [5.41, 5.74) is 0.808. The van der Waals surface area contributed by atoms with Crippen molar-refractivity contribution in [1.82, 2.24) is 14.5 Å². The number of imidazole rings is 1. The average molecular weight is 337 g/mol. The van der Waals surface area contributed by atoms with Crippen molar-refractivity contribution in [3.8, 4) is 11.4 Å². The van der Waals surface area contributed by atoms with Crippen molar-refractivity contribution in [3.63, 3.8) is 0 Å². The highest BCUT2D eigenvalue weighted by atomic mass is 32.2. The van der Waals surface area contributed by atoms with Crippen LogP contribution in [-0.2, 0) is 13.2 Å². The van der Waals surface area contributed by atoms with Gasteiger partial charge >= 0.3 is 6.18 Å². The van der Waals surface area contributed by atoms with E-state index in [0.29, 0.717) is 17.0 Å². The van der Waals surface area contributed by atoms with Gasteiger partial charge in [0, 0.05) is 23.7 Å². The fraction of sp³-hybridized carbons (Fsp3) is 0.250. The Bertz CT molecular complexity index is 855. The van der Waals surface area contributed by atoms with E-state index < -0.39 is 11.7 Å². The molecular formula is C16H14F3N3S. The molecule has 0 atom stereocenters. The Hall–Kier alpha value is -2.02. The number of aryl methyl sites for hydroxylation is 1. The summed E-state index contributed by atoms with van der Waals surface area (Å²) >= 11 is 1.67. The van der Waals surface area contributed by atoms with Gasteiger partial charge in [0.05, 0.1) is 11.1 Å². The molecule has 0 saturated heterocycles. The lowest BCUT2D eigenvalue weighted by atomic mass is 10.2. The van der Waals surface area contributed by atoms with Crippen molar-refractivity contribution in [2.24, 2.45) is 7.05 Å². The first-order chi connectivity index (χ1) is 10.9. The molecule has 0 radical (unpaired) electrons. The molecule has 2 aromatic heterocycles. The number of benzene rings is 1. The van der Waals surface area contributed by atoms with E-state index in [-0.39, 0.29) is 0 Å². The van der Waals surface area contributed by atoms with E-state index in [1.54, 1.807) is 23.4 Å². The van der Waals surface area contributed by atoms with Crippen LogP contribution in [0.5, 0.6) is 0 Å². The molecule has 0 fully saturated rings. The van der Waals surface area contributed by atoms with E-state index in [0.717, 1.165) is 28.5 Å². The Morgan fingerprint density at radius 1 is 1.22 bits per heavy atom. The molecule has 3 aromatic rings. The van der Waals surface area contributed by atoms with E-state index in [2.05, 4.69) is 9.97 Å². The molecule has 0 aliphatic carbocycles. The van der Waals surface area contributed by atoms with Gasteiger partial charge in [0.1, 0.15) is 5.82 Å². The Balaban J connectivity index is 2.19. The standard InChI is InChI=1S/C16H14F3N3S/c1-3-23-13-7-5-4-6-11(13)15-21-14-12(22(15)2)8-10(9-20-14)16(17,18)19/h4-9H,3H2,1-2H3. The molecule has 7 heteroatoms. The molecule has 0 amide bonds. The number of alkyl halides is 3. The summed E-state index contributed by atoms with van der Waals surface area (Å²) in [4.78, 5) is 9.34. The lowest BCUT2D eigenvalue weighted by molar-refractivity contribution is -0.137. The summed E-state index contributed by atoms with van der Waals surface area (Å²) in [6, 6.07) is 8.82. The van der Waals surface area contributed by atoms with Crippen LogP contribution >= 0.6 is 11.8 Å². The Morgan fingerprint density at radius 3 is 2.65 bits per heavy atom. The monoisotopic (exact) mass is 337 g/mol. The summed E-state index contributed by atoms with van der Waals surface area (Å²) in [6.07, 6.45) is -3.59. The van der Waals surface area contributed by atoms with Gasteiger partial charge in [-0.25, -0.2) is 9.97 Å². The van der Waals surface area contributed by atoms with Gasteiger partial charge in [-0.1, -0.05) is 25.1 Å². The number of hydrogen-bond acceptors (Lipinski definition) is 3. The molecule has 3 nitrogen and oxygen atoms in total. The van der Waals surface area contributed by atoms with Crippen LogP contribution in [0, 0.1) is 0 Å². The van der Waals surface area contributed by atoms with Gasteiger partial charge in [0.25, 0.3) is 0 Å². The molecule has 0 spiro atoms. The Morgan fingerprint density at radius 2 is 1.96 bits per heavy atom. The quantitative estimate of drug-likeness (QED) is 0.645. The van der Waals surface area contributed by atoms with Gasteiger partial charge in [-0.3, -0.25) is 0 Å². The zero-order valence-corrected chi connectivity index (χ0v) is 13.4.